The third-order valence-electron chi connectivity index (χ3n) is 4.04. The minimum atomic E-state index is 0.367. The number of rotatable bonds is 14. The Bertz CT molecular complexity index is 180. The maximum absolute atomic E-state index is 8.68. The van der Waals surface area contributed by atoms with Crippen LogP contribution in [0.25, 0.3) is 0 Å². The van der Waals surface area contributed by atoms with Crippen molar-refractivity contribution in [3.8, 4) is 0 Å². The van der Waals surface area contributed by atoms with E-state index in [-0.39, 0.29) is 0 Å². The molecule has 0 fully saturated rings. The van der Waals surface area contributed by atoms with E-state index in [1.165, 1.54) is 81.8 Å². The average molecular weight is 272 g/mol. The number of aliphatic hydroxyl groups is 1. The Morgan fingerprint density at radius 2 is 1.05 bits per heavy atom. The molecule has 0 atom stereocenters. The van der Waals surface area contributed by atoms with Crippen molar-refractivity contribution in [2.45, 2.75) is 77.6 Å². The van der Waals surface area contributed by atoms with Crippen LogP contribution in [0.1, 0.15) is 77.6 Å². The fourth-order valence-electron chi connectivity index (χ4n) is 2.59. The van der Waals surface area contributed by atoms with Crippen molar-refractivity contribution in [1.29, 1.82) is 0 Å². The number of aliphatic hydroxyl groups excluding tert-OH is 1. The summed E-state index contributed by atoms with van der Waals surface area (Å²) in [6.45, 7) is 5.32. The molecule has 0 unspecified atom stereocenters. The van der Waals surface area contributed by atoms with Crippen LogP contribution in [-0.4, -0.2) is 43.4 Å². The molecule has 0 saturated carbocycles. The number of nitrogens with zero attached hydrogens (tertiary/aromatic N) is 1. The molecule has 0 bridgehead atoms. The minimum Gasteiger partial charge on any atom is -0.396 e. The Labute approximate surface area is 121 Å². The number of unbranched alkanes of at least 4 members (excludes halogenated alkanes) is 9. The zero-order valence-electron chi connectivity index (χ0n) is 13.8. The molecule has 19 heavy (non-hydrogen) atoms. The van der Waals surface area contributed by atoms with Crippen molar-refractivity contribution >= 4 is 0 Å². The van der Waals surface area contributed by atoms with Crippen LogP contribution in [0, 0.1) is 0 Å². The van der Waals surface area contributed by atoms with Crippen molar-refractivity contribution in [3.63, 3.8) is 0 Å². The summed E-state index contributed by atoms with van der Waals surface area (Å²) in [5, 5.41) is 8.68. The molecule has 0 aliphatic rings. The number of hydrogen-bond donors (Lipinski definition) is 1. The Hall–Kier alpha value is -0.0800. The van der Waals surface area contributed by atoms with E-state index in [0.29, 0.717) is 6.61 Å². The second-order valence-electron chi connectivity index (χ2n) is 6.64. The summed E-state index contributed by atoms with van der Waals surface area (Å²) < 4.78 is 1.20. The summed E-state index contributed by atoms with van der Waals surface area (Å²) in [6.07, 6.45) is 14.5. The summed E-state index contributed by atoms with van der Waals surface area (Å²) in [5.41, 5.74) is 0. The lowest BCUT2D eigenvalue weighted by Crippen LogP contribution is -2.41. The van der Waals surface area contributed by atoms with E-state index < -0.39 is 0 Å². The van der Waals surface area contributed by atoms with Gasteiger partial charge in [0.25, 0.3) is 0 Å². The van der Waals surface area contributed by atoms with E-state index >= 15 is 0 Å². The molecule has 0 aliphatic heterocycles. The standard InChI is InChI=1S/C17H38NO/c1-4-5-15-18(2,3)16-13-11-9-7-6-8-10-12-14-17-19/h19H,4-17H2,1-3H3/q+1. The molecule has 0 rings (SSSR count). The second-order valence-corrected chi connectivity index (χ2v) is 6.64. The van der Waals surface area contributed by atoms with Crippen LogP contribution in [0.4, 0.5) is 0 Å². The molecule has 116 valence electrons. The maximum Gasteiger partial charge on any atom is 0.0782 e. The highest BCUT2D eigenvalue weighted by molar-refractivity contribution is 4.47. The first-order valence-corrected chi connectivity index (χ1v) is 8.55. The summed E-state index contributed by atoms with van der Waals surface area (Å²) in [4.78, 5) is 0. The predicted octanol–water partition coefficient (Wildman–Crippen LogP) is 4.37. The summed E-state index contributed by atoms with van der Waals surface area (Å²) >= 11 is 0. The first kappa shape index (κ1) is 18.9. The quantitative estimate of drug-likeness (QED) is 0.368. The molecule has 2 heteroatoms. The van der Waals surface area contributed by atoms with Gasteiger partial charge in [0.2, 0.25) is 0 Å². The molecule has 2 nitrogen and oxygen atoms in total. The normalized spacial score (nSPS) is 12.0. The highest BCUT2D eigenvalue weighted by Gasteiger charge is 2.12. The average Bonchev–Trinajstić information content (AvgIpc) is 2.38. The third kappa shape index (κ3) is 14.1. The van der Waals surface area contributed by atoms with E-state index in [9.17, 15) is 0 Å². The third-order valence-corrected chi connectivity index (χ3v) is 4.04. The maximum atomic E-state index is 8.68. The zero-order chi connectivity index (χ0) is 14.4. The molecular formula is C17H38NO+. The minimum absolute atomic E-state index is 0.367. The van der Waals surface area contributed by atoms with Crippen LogP contribution in [0.3, 0.4) is 0 Å². The van der Waals surface area contributed by atoms with Crippen molar-refractivity contribution in [2.75, 3.05) is 33.8 Å². The lowest BCUT2D eigenvalue weighted by atomic mass is 10.1. The van der Waals surface area contributed by atoms with Crippen LogP contribution >= 0.6 is 0 Å². The number of quaternary nitrogens is 1. The van der Waals surface area contributed by atoms with Gasteiger partial charge < -0.3 is 9.59 Å². The van der Waals surface area contributed by atoms with E-state index in [0.717, 1.165) is 6.42 Å². The fraction of sp³-hybridized carbons (Fsp3) is 1.00. The van der Waals surface area contributed by atoms with Crippen LogP contribution in [0.5, 0.6) is 0 Å². The molecule has 0 aromatic carbocycles. The molecule has 0 aliphatic carbocycles. The van der Waals surface area contributed by atoms with Crippen LogP contribution < -0.4 is 0 Å². The summed E-state index contributed by atoms with van der Waals surface area (Å²) in [7, 11) is 4.74. The van der Waals surface area contributed by atoms with E-state index in [1.807, 2.05) is 0 Å². The lowest BCUT2D eigenvalue weighted by Gasteiger charge is -2.29. The van der Waals surface area contributed by atoms with Gasteiger partial charge in [-0.05, 0) is 25.7 Å². The highest BCUT2D eigenvalue weighted by Crippen LogP contribution is 2.11. The lowest BCUT2D eigenvalue weighted by molar-refractivity contribution is -0.890. The van der Waals surface area contributed by atoms with Crippen molar-refractivity contribution in [2.24, 2.45) is 0 Å². The van der Waals surface area contributed by atoms with Crippen molar-refractivity contribution < 1.29 is 9.59 Å². The Morgan fingerprint density at radius 1 is 0.632 bits per heavy atom. The van der Waals surface area contributed by atoms with Gasteiger partial charge in [0.15, 0.2) is 0 Å². The van der Waals surface area contributed by atoms with E-state index in [2.05, 4.69) is 21.0 Å². The van der Waals surface area contributed by atoms with Gasteiger partial charge in [-0.25, -0.2) is 0 Å². The molecule has 0 spiro atoms. The van der Waals surface area contributed by atoms with Crippen LogP contribution in [0.2, 0.25) is 0 Å². The van der Waals surface area contributed by atoms with Crippen molar-refractivity contribution in [3.05, 3.63) is 0 Å². The first-order valence-electron chi connectivity index (χ1n) is 8.55. The van der Waals surface area contributed by atoms with Gasteiger partial charge in [-0.1, -0.05) is 51.9 Å². The van der Waals surface area contributed by atoms with E-state index in [4.69, 9.17) is 5.11 Å². The van der Waals surface area contributed by atoms with Gasteiger partial charge in [-0.15, -0.1) is 0 Å². The van der Waals surface area contributed by atoms with Crippen LogP contribution in [-0.2, 0) is 0 Å². The largest absolute Gasteiger partial charge is 0.396 e. The fourth-order valence-corrected chi connectivity index (χ4v) is 2.59. The summed E-state index contributed by atoms with van der Waals surface area (Å²) in [5.74, 6) is 0. The topological polar surface area (TPSA) is 20.2 Å². The molecule has 0 heterocycles. The Kier molecular flexibility index (Phi) is 12.9. The molecule has 0 aromatic heterocycles. The van der Waals surface area contributed by atoms with Gasteiger partial charge in [0, 0.05) is 6.61 Å². The molecule has 0 aromatic rings. The SMILES string of the molecule is CCCC[N+](C)(C)CCCCCCCCCCCO. The van der Waals surface area contributed by atoms with Gasteiger partial charge in [-0.3, -0.25) is 0 Å². The summed E-state index contributed by atoms with van der Waals surface area (Å²) in [6, 6.07) is 0. The monoisotopic (exact) mass is 272 g/mol. The van der Waals surface area contributed by atoms with Crippen LogP contribution in [0.15, 0.2) is 0 Å². The van der Waals surface area contributed by atoms with Gasteiger partial charge in [0.05, 0.1) is 27.2 Å². The molecule has 0 amide bonds. The molecular weight excluding hydrogens is 234 g/mol. The predicted molar refractivity (Wildman–Crippen MR) is 85.4 cm³/mol. The van der Waals surface area contributed by atoms with Gasteiger partial charge >= 0.3 is 0 Å². The van der Waals surface area contributed by atoms with Gasteiger partial charge in [0.1, 0.15) is 0 Å². The zero-order valence-corrected chi connectivity index (χ0v) is 13.8. The Balaban J connectivity index is 3.21. The molecule has 0 radical (unpaired) electrons. The van der Waals surface area contributed by atoms with E-state index in [1.54, 1.807) is 0 Å². The molecule has 0 saturated heterocycles. The highest BCUT2D eigenvalue weighted by atomic mass is 16.2. The number of hydrogen-bond acceptors (Lipinski definition) is 1. The molecule has 1 N–H and O–H groups in total. The first-order chi connectivity index (χ1) is 9.12. The second kappa shape index (κ2) is 12.9. The Morgan fingerprint density at radius 3 is 1.53 bits per heavy atom. The smallest absolute Gasteiger partial charge is 0.0782 e. The van der Waals surface area contributed by atoms with Crippen molar-refractivity contribution in [1.82, 2.24) is 0 Å². The van der Waals surface area contributed by atoms with Gasteiger partial charge in [-0.2, -0.15) is 0 Å².